The van der Waals surface area contributed by atoms with Crippen LogP contribution in [0.4, 0.5) is 0 Å². The van der Waals surface area contributed by atoms with Crippen molar-refractivity contribution >= 4 is 33.9 Å². The molecule has 0 aliphatic carbocycles. The number of hydrogen-bond acceptors (Lipinski definition) is 3. The van der Waals surface area contributed by atoms with Gasteiger partial charge in [0.25, 0.3) is 0 Å². The summed E-state index contributed by atoms with van der Waals surface area (Å²) in [5.41, 5.74) is 0.0995. The number of hydrogen-bond donors (Lipinski definition) is 0. The van der Waals surface area contributed by atoms with Crippen molar-refractivity contribution in [3.05, 3.63) is 9.75 Å². The van der Waals surface area contributed by atoms with Gasteiger partial charge in [0.2, 0.25) is 6.29 Å². The summed E-state index contributed by atoms with van der Waals surface area (Å²) in [4.78, 5) is 2.57. The van der Waals surface area contributed by atoms with Gasteiger partial charge < -0.3 is 9.47 Å². The van der Waals surface area contributed by atoms with Gasteiger partial charge in [-0.05, 0) is 13.8 Å². The molecule has 1 atom stereocenters. The van der Waals surface area contributed by atoms with Crippen molar-refractivity contribution in [3.8, 4) is 11.5 Å². The van der Waals surface area contributed by atoms with Gasteiger partial charge in [-0.1, -0.05) is 43.4 Å². The maximum Gasteiger partial charge on any atom is 0.238 e. The summed E-state index contributed by atoms with van der Waals surface area (Å²) >= 11 is 4.28. The summed E-state index contributed by atoms with van der Waals surface area (Å²) in [5.74, 6) is 1.93. The average Bonchev–Trinajstić information content (AvgIpc) is 2.55. The maximum atomic E-state index is 5.83. The monoisotopic (exact) mass is 366 g/mol. The highest BCUT2D eigenvalue weighted by atomic mass is 127. The lowest BCUT2D eigenvalue weighted by molar-refractivity contribution is 0.0662. The highest BCUT2D eigenvalue weighted by Crippen LogP contribution is 2.55. The molecule has 2 rings (SSSR count). The van der Waals surface area contributed by atoms with Crippen molar-refractivity contribution in [2.24, 2.45) is 0 Å². The van der Waals surface area contributed by atoms with E-state index in [0.29, 0.717) is 0 Å². The Bertz CT molecular complexity index is 399. The number of halogens is 1. The van der Waals surface area contributed by atoms with E-state index in [1.54, 1.807) is 0 Å². The van der Waals surface area contributed by atoms with Gasteiger partial charge in [0.1, 0.15) is 0 Å². The van der Waals surface area contributed by atoms with Crippen LogP contribution in [-0.2, 0) is 8.84 Å². The Kier molecular flexibility index (Phi) is 3.18. The van der Waals surface area contributed by atoms with Crippen LogP contribution >= 0.6 is 33.9 Å². The smallest absolute Gasteiger partial charge is 0.238 e. The quantitative estimate of drug-likeness (QED) is 0.523. The van der Waals surface area contributed by atoms with Crippen LogP contribution in [0.25, 0.3) is 0 Å². The van der Waals surface area contributed by atoms with Crippen molar-refractivity contribution in [1.29, 1.82) is 0 Å². The Balaban J connectivity index is 2.59. The minimum atomic E-state index is -0.160. The van der Waals surface area contributed by atoms with Crippen LogP contribution in [0.1, 0.15) is 51.3 Å². The van der Waals surface area contributed by atoms with Gasteiger partial charge in [0.15, 0.2) is 11.5 Å². The van der Waals surface area contributed by atoms with Gasteiger partial charge in [-0.25, -0.2) is 0 Å². The van der Waals surface area contributed by atoms with E-state index in [-0.39, 0.29) is 15.1 Å². The largest absolute Gasteiger partial charge is 0.450 e. The van der Waals surface area contributed by atoms with Crippen LogP contribution in [0.15, 0.2) is 0 Å². The Hall–Kier alpha value is 0.0300. The topological polar surface area (TPSA) is 18.5 Å². The third-order valence-electron chi connectivity index (χ3n) is 2.61. The fraction of sp³-hybridized carbons (Fsp3) is 0.692. The molecule has 1 aromatic rings. The standard InChI is InChI=1S/C13H19IO2S/c1-7-15-8-9(16-7)11(13(5,6)14)17-10(8)12(2,3)4/h7H,1-6H3. The predicted octanol–water partition coefficient (Wildman–Crippen LogP) is 4.83. The van der Waals surface area contributed by atoms with Gasteiger partial charge in [0.05, 0.1) is 13.2 Å². The lowest BCUT2D eigenvalue weighted by Gasteiger charge is -2.19. The second kappa shape index (κ2) is 4.02. The van der Waals surface area contributed by atoms with Gasteiger partial charge in [-0.15, -0.1) is 11.3 Å². The fourth-order valence-electron chi connectivity index (χ4n) is 1.86. The first-order valence-corrected chi connectivity index (χ1v) is 7.70. The molecule has 2 heterocycles. The molecule has 96 valence electrons. The lowest BCUT2D eigenvalue weighted by Crippen LogP contribution is -2.16. The SMILES string of the molecule is CC1Oc2c(C(C)(C)C)sc(C(C)(C)I)c2O1. The van der Waals surface area contributed by atoms with Gasteiger partial charge in [-0.2, -0.15) is 0 Å². The number of ether oxygens (including phenoxy) is 2. The molecule has 4 heteroatoms. The molecule has 0 N–H and O–H groups in total. The molecule has 17 heavy (non-hydrogen) atoms. The molecule has 0 aromatic carbocycles. The molecule has 2 nitrogen and oxygen atoms in total. The Morgan fingerprint density at radius 3 is 1.88 bits per heavy atom. The Morgan fingerprint density at radius 2 is 1.47 bits per heavy atom. The molecule has 0 bridgehead atoms. The highest BCUT2D eigenvalue weighted by Gasteiger charge is 2.38. The van der Waals surface area contributed by atoms with Crippen LogP contribution in [0.2, 0.25) is 0 Å². The summed E-state index contributed by atoms with van der Waals surface area (Å²) in [6.07, 6.45) is -0.160. The summed E-state index contributed by atoms with van der Waals surface area (Å²) in [7, 11) is 0. The molecule has 1 aromatic heterocycles. The van der Waals surface area contributed by atoms with Crippen LogP contribution in [-0.4, -0.2) is 6.29 Å². The van der Waals surface area contributed by atoms with Crippen LogP contribution in [0.3, 0.4) is 0 Å². The molecule has 1 aliphatic heterocycles. The molecule has 0 radical (unpaired) electrons. The molecule has 1 aliphatic rings. The van der Waals surface area contributed by atoms with Crippen LogP contribution in [0, 0.1) is 0 Å². The number of thiophene rings is 1. The molecular formula is C13H19IO2S. The summed E-state index contributed by atoms with van der Waals surface area (Å²) in [6, 6.07) is 0. The third kappa shape index (κ3) is 2.43. The maximum absolute atomic E-state index is 5.83. The molecule has 0 fully saturated rings. The van der Waals surface area contributed by atoms with E-state index >= 15 is 0 Å². The van der Waals surface area contributed by atoms with Crippen LogP contribution < -0.4 is 9.47 Å². The zero-order valence-corrected chi connectivity index (χ0v) is 14.2. The highest BCUT2D eigenvalue weighted by molar-refractivity contribution is 14.1. The van der Waals surface area contributed by atoms with Crippen molar-refractivity contribution in [2.45, 2.75) is 56.7 Å². The lowest BCUT2D eigenvalue weighted by atomic mass is 9.94. The molecule has 0 spiro atoms. The molecule has 0 amide bonds. The van der Waals surface area contributed by atoms with Gasteiger partial charge in [0, 0.05) is 12.3 Å². The normalized spacial score (nSPS) is 19.8. The minimum Gasteiger partial charge on any atom is -0.450 e. The third-order valence-corrected chi connectivity index (χ3v) is 5.42. The predicted molar refractivity (Wildman–Crippen MR) is 80.8 cm³/mol. The van der Waals surface area contributed by atoms with E-state index in [4.69, 9.17) is 9.47 Å². The van der Waals surface area contributed by atoms with Crippen molar-refractivity contribution in [1.82, 2.24) is 0 Å². The van der Waals surface area contributed by atoms with E-state index in [0.717, 1.165) is 11.5 Å². The second-order valence-corrected chi connectivity index (χ2v) is 9.66. The van der Waals surface area contributed by atoms with Gasteiger partial charge in [-0.3, -0.25) is 0 Å². The van der Waals surface area contributed by atoms with Crippen LogP contribution in [0.5, 0.6) is 11.5 Å². The summed E-state index contributed by atoms with van der Waals surface area (Å²) in [5, 5.41) is 0. The van der Waals surface area contributed by atoms with E-state index < -0.39 is 0 Å². The van der Waals surface area contributed by atoms with E-state index in [1.165, 1.54) is 9.75 Å². The number of alkyl halides is 1. The molecular weight excluding hydrogens is 347 g/mol. The Labute approximate surface area is 121 Å². The van der Waals surface area contributed by atoms with Crippen molar-refractivity contribution in [3.63, 3.8) is 0 Å². The summed E-state index contributed by atoms with van der Waals surface area (Å²) < 4.78 is 11.7. The zero-order chi connectivity index (χ0) is 13.0. The molecule has 1 unspecified atom stereocenters. The number of rotatable bonds is 1. The molecule has 0 saturated carbocycles. The van der Waals surface area contributed by atoms with Crippen molar-refractivity contribution in [2.75, 3.05) is 0 Å². The Morgan fingerprint density at radius 1 is 1.00 bits per heavy atom. The first-order chi connectivity index (χ1) is 7.60. The first-order valence-electron chi connectivity index (χ1n) is 5.80. The van der Waals surface area contributed by atoms with E-state index in [1.807, 2.05) is 18.3 Å². The zero-order valence-electron chi connectivity index (χ0n) is 11.2. The average molecular weight is 366 g/mol. The van der Waals surface area contributed by atoms with Gasteiger partial charge >= 0.3 is 0 Å². The first kappa shape index (κ1) is 13.5. The van der Waals surface area contributed by atoms with E-state index in [2.05, 4.69) is 57.2 Å². The fourth-order valence-corrected chi connectivity index (χ4v) is 3.65. The minimum absolute atomic E-state index is 0.0728. The van der Waals surface area contributed by atoms with Crippen molar-refractivity contribution < 1.29 is 9.47 Å². The number of fused-ring (bicyclic) bond motifs is 1. The molecule has 0 saturated heterocycles. The van der Waals surface area contributed by atoms with E-state index in [9.17, 15) is 0 Å². The summed E-state index contributed by atoms with van der Waals surface area (Å²) in [6.45, 7) is 13.0. The second-order valence-electron chi connectivity index (χ2n) is 5.94.